The number of aryl methyl sites for hydroxylation is 2. The molecule has 2 amide bonds. The number of amides is 2. The molecular formula is C18H21ClN4O2. The molecule has 25 heavy (non-hydrogen) atoms. The number of unbranched alkanes of at least 4 members (excludes halogenated alkanes) is 1. The zero-order chi connectivity index (χ0) is 18.4. The second-order valence-electron chi connectivity index (χ2n) is 5.67. The maximum atomic E-state index is 12.6. The van der Waals surface area contributed by atoms with E-state index >= 15 is 0 Å². The number of hydrogen-bond donors (Lipinski definition) is 2. The Bertz CT molecular complexity index is 793. The third-order valence-electron chi connectivity index (χ3n) is 3.64. The van der Waals surface area contributed by atoms with Gasteiger partial charge in [-0.2, -0.15) is 0 Å². The van der Waals surface area contributed by atoms with Gasteiger partial charge in [0, 0.05) is 17.3 Å². The molecule has 7 heteroatoms. The Balaban J connectivity index is 2.30. The normalized spacial score (nSPS) is 10.4. The third-order valence-corrected chi connectivity index (χ3v) is 3.87. The molecule has 2 aromatic rings. The van der Waals surface area contributed by atoms with Crippen molar-refractivity contribution in [2.75, 3.05) is 11.9 Å². The van der Waals surface area contributed by atoms with Gasteiger partial charge in [-0.3, -0.25) is 9.59 Å². The van der Waals surface area contributed by atoms with Gasteiger partial charge in [-0.25, -0.2) is 9.97 Å². The van der Waals surface area contributed by atoms with Crippen molar-refractivity contribution in [1.29, 1.82) is 0 Å². The van der Waals surface area contributed by atoms with E-state index in [1.54, 1.807) is 38.1 Å². The molecule has 0 saturated heterocycles. The molecule has 0 aliphatic heterocycles. The summed E-state index contributed by atoms with van der Waals surface area (Å²) >= 11 is 5.93. The molecule has 0 radical (unpaired) electrons. The van der Waals surface area contributed by atoms with E-state index in [2.05, 4.69) is 20.6 Å². The van der Waals surface area contributed by atoms with Gasteiger partial charge in [0.15, 0.2) is 11.4 Å². The second kappa shape index (κ2) is 8.58. The number of aromatic nitrogens is 2. The van der Waals surface area contributed by atoms with Crippen LogP contribution in [-0.2, 0) is 0 Å². The largest absolute Gasteiger partial charge is 0.351 e. The Kier molecular flexibility index (Phi) is 6.47. The molecule has 0 saturated carbocycles. The predicted molar refractivity (Wildman–Crippen MR) is 98.2 cm³/mol. The number of nitrogens with zero attached hydrogens (tertiary/aromatic N) is 2. The second-order valence-corrected chi connectivity index (χ2v) is 6.10. The molecule has 0 fully saturated rings. The molecule has 0 unspecified atom stereocenters. The van der Waals surface area contributed by atoms with Crippen molar-refractivity contribution >= 4 is 29.1 Å². The van der Waals surface area contributed by atoms with Crippen LogP contribution in [-0.4, -0.2) is 28.3 Å². The van der Waals surface area contributed by atoms with Crippen LogP contribution in [0.5, 0.6) is 0 Å². The number of nitrogens with one attached hydrogen (secondary N) is 2. The first-order chi connectivity index (χ1) is 11.9. The Morgan fingerprint density at radius 2 is 1.72 bits per heavy atom. The minimum atomic E-state index is -0.501. The maximum Gasteiger partial charge on any atom is 0.276 e. The van der Waals surface area contributed by atoms with Crippen LogP contribution < -0.4 is 10.6 Å². The van der Waals surface area contributed by atoms with Crippen LogP contribution in [0.15, 0.2) is 24.3 Å². The Morgan fingerprint density at radius 3 is 2.32 bits per heavy atom. The first kappa shape index (κ1) is 18.9. The van der Waals surface area contributed by atoms with E-state index in [0.29, 0.717) is 28.6 Å². The highest BCUT2D eigenvalue weighted by Gasteiger charge is 2.22. The van der Waals surface area contributed by atoms with Gasteiger partial charge >= 0.3 is 0 Å². The van der Waals surface area contributed by atoms with Crippen LogP contribution in [0.1, 0.15) is 52.1 Å². The Labute approximate surface area is 152 Å². The number of benzene rings is 1. The number of anilines is 1. The summed E-state index contributed by atoms with van der Waals surface area (Å²) in [5.74, 6) is -0.904. The van der Waals surface area contributed by atoms with Gasteiger partial charge in [0.2, 0.25) is 0 Å². The van der Waals surface area contributed by atoms with Gasteiger partial charge in [0.1, 0.15) is 0 Å². The van der Waals surface area contributed by atoms with E-state index in [4.69, 9.17) is 11.6 Å². The summed E-state index contributed by atoms with van der Waals surface area (Å²) in [7, 11) is 0. The number of carbonyl (C=O) groups is 2. The lowest BCUT2D eigenvalue weighted by Crippen LogP contribution is -2.30. The van der Waals surface area contributed by atoms with Crippen LogP contribution in [0.25, 0.3) is 0 Å². The fraction of sp³-hybridized carbons (Fsp3) is 0.333. The summed E-state index contributed by atoms with van der Waals surface area (Å²) < 4.78 is 0. The number of hydrogen-bond acceptors (Lipinski definition) is 4. The summed E-state index contributed by atoms with van der Waals surface area (Å²) in [6.45, 7) is 6.06. The maximum absolute atomic E-state index is 12.6. The molecule has 6 nitrogen and oxygen atoms in total. The Morgan fingerprint density at radius 1 is 1.08 bits per heavy atom. The standard InChI is InChI=1S/C18H21ClN4O2/c1-4-5-9-20-17(24)15-16(22-12(3)11(2)21-15)18(25)23-14-8-6-7-13(19)10-14/h6-8,10H,4-5,9H2,1-3H3,(H,20,24)(H,23,25). The quantitative estimate of drug-likeness (QED) is 0.772. The minimum absolute atomic E-state index is 0.00271. The van der Waals surface area contributed by atoms with Gasteiger partial charge < -0.3 is 10.6 Å². The fourth-order valence-electron chi connectivity index (χ4n) is 2.14. The average molecular weight is 361 g/mol. The molecule has 0 aliphatic rings. The summed E-state index contributed by atoms with van der Waals surface area (Å²) in [6.07, 6.45) is 1.81. The lowest BCUT2D eigenvalue weighted by molar-refractivity contribution is 0.0932. The van der Waals surface area contributed by atoms with Crippen LogP contribution in [0.2, 0.25) is 5.02 Å². The van der Waals surface area contributed by atoms with Crippen LogP contribution in [0.4, 0.5) is 5.69 Å². The van der Waals surface area contributed by atoms with Crippen molar-refractivity contribution in [3.63, 3.8) is 0 Å². The molecule has 0 atom stereocenters. The van der Waals surface area contributed by atoms with Gasteiger partial charge in [-0.15, -0.1) is 0 Å². The highest BCUT2D eigenvalue weighted by atomic mass is 35.5. The van der Waals surface area contributed by atoms with Crippen molar-refractivity contribution in [3.05, 3.63) is 52.1 Å². The third kappa shape index (κ3) is 5.00. The smallest absolute Gasteiger partial charge is 0.276 e. The van der Waals surface area contributed by atoms with E-state index in [9.17, 15) is 9.59 Å². The minimum Gasteiger partial charge on any atom is -0.351 e. The lowest BCUT2D eigenvalue weighted by Gasteiger charge is -2.11. The summed E-state index contributed by atoms with van der Waals surface area (Å²) in [5.41, 5.74) is 1.76. The summed E-state index contributed by atoms with van der Waals surface area (Å²) in [5, 5.41) is 5.98. The molecular weight excluding hydrogens is 340 g/mol. The van der Waals surface area contributed by atoms with Crippen molar-refractivity contribution in [2.45, 2.75) is 33.6 Å². The summed E-state index contributed by atoms with van der Waals surface area (Å²) in [6, 6.07) is 6.76. The molecule has 0 bridgehead atoms. The van der Waals surface area contributed by atoms with E-state index in [-0.39, 0.29) is 11.4 Å². The van der Waals surface area contributed by atoms with E-state index in [1.807, 2.05) is 6.92 Å². The first-order valence-electron chi connectivity index (χ1n) is 8.12. The van der Waals surface area contributed by atoms with E-state index in [0.717, 1.165) is 12.8 Å². The molecule has 2 N–H and O–H groups in total. The fourth-order valence-corrected chi connectivity index (χ4v) is 2.33. The molecule has 1 heterocycles. The first-order valence-corrected chi connectivity index (χ1v) is 8.50. The Hall–Kier alpha value is -2.47. The average Bonchev–Trinajstić information content (AvgIpc) is 2.57. The van der Waals surface area contributed by atoms with Gasteiger partial charge in [0.05, 0.1) is 11.4 Å². The number of halogens is 1. The van der Waals surface area contributed by atoms with Crippen molar-refractivity contribution < 1.29 is 9.59 Å². The topological polar surface area (TPSA) is 84.0 Å². The monoisotopic (exact) mass is 360 g/mol. The molecule has 1 aromatic heterocycles. The van der Waals surface area contributed by atoms with Gasteiger partial charge in [-0.1, -0.05) is 31.0 Å². The molecule has 2 rings (SSSR count). The van der Waals surface area contributed by atoms with Crippen molar-refractivity contribution in [1.82, 2.24) is 15.3 Å². The SMILES string of the molecule is CCCCNC(=O)c1nc(C)c(C)nc1C(=O)Nc1cccc(Cl)c1. The lowest BCUT2D eigenvalue weighted by atomic mass is 10.2. The van der Waals surface area contributed by atoms with Crippen LogP contribution in [0.3, 0.4) is 0 Å². The van der Waals surface area contributed by atoms with Crippen molar-refractivity contribution in [3.8, 4) is 0 Å². The number of rotatable bonds is 6. The summed E-state index contributed by atoms with van der Waals surface area (Å²) in [4.78, 5) is 33.5. The number of carbonyl (C=O) groups excluding carboxylic acids is 2. The zero-order valence-electron chi connectivity index (χ0n) is 14.5. The molecule has 0 spiro atoms. The van der Waals surface area contributed by atoms with Gasteiger partial charge in [-0.05, 0) is 38.5 Å². The highest BCUT2D eigenvalue weighted by molar-refractivity contribution is 6.31. The molecule has 132 valence electrons. The molecule has 0 aliphatic carbocycles. The van der Waals surface area contributed by atoms with E-state index < -0.39 is 11.8 Å². The van der Waals surface area contributed by atoms with Crippen molar-refractivity contribution in [2.24, 2.45) is 0 Å². The highest BCUT2D eigenvalue weighted by Crippen LogP contribution is 2.17. The van der Waals surface area contributed by atoms with Crippen LogP contribution in [0, 0.1) is 13.8 Å². The van der Waals surface area contributed by atoms with E-state index in [1.165, 1.54) is 0 Å². The molecule has 1 aromatic carbocycles. The predicted octanol–water partition coefficient (Wildman–Crippen LogP) is 3.53. The zero-order valence-corrected chi connectivity index (χ0v) is 15.3. The van der Waals surface area contributed by atoms with Gasteiger partial charge in [0.25, 0.3) is 11.8 Å². The van der Waals surface area contributed by atoms with Crippen LogP contribution >= 0.6 is 11.6 Å².